The number of carbonyl (C=O) groups excluding carboxylic acids is 1. The fraction of sp³-hybridized carbons (Fsp3) is 0.222. The average Bonchev–Trinajstić information content (AvgIpc) is 3.13. The molecule has 1 aliphatic heterocycles. The normalized spacial score (nSPS) is 12.8. The summed E-state index contributed by atoms with van der Waals surface area (Å²) in [5.74, 6) is 1.37. The predicted octanol–water partition coefficient (Wildman–Crippen LogP) is 2.53. The minimum atomic E-state index is -0.739. The summed E-state index contributed by atoms with van der Waals surface area (Å²) in [5, 5.41) is 3.94. The molecule has 0 unspecified atom stereocenters. The van der Waals surface area contributed by atoms with E-state index < -0.39 is 6.10 Å². The van der Waals surface area contributed by atoms with Crippen LogP contribution in [-0.4, -0.2) is 23.9 Å². The number of halogens is 1. The first-order valence-corrected chi connectivity index (χ1v) is 8.94. The summed E-state index contributed by atoms with van der Waals surface area (Å²) >= 11 is 11.0. The van der Waals surface area contributed by atoms with Crippen LogP contribution >= 0.6 is 23.8 Å². The summed E-state index contributed by atoms with van der Waals surface area (Å²) in [4.78, 5) is 12.1. The van der Waals surface area contributed by atoms with E-state index in [4.69, 9.17) is 38.0 Å². The molecule has 142 valence electrons. The van der Waals surface area contributed by atoms with E-state index in [-0.39, 0.29) is 17.8 Å². The molecule has 0 aromatic heterocycles. The molecule has 1 aliphatic rings. The molecule has 9 heteroatoms. The van der Waals surface area contributed by atoms with Gasteiger partial charge in [0.1, 0.15) is 5.75 Å². The Morgan fingerprint density at radius 3 is 2.70 bits per heavy atom. The Labute approximate surface area is 166 Å². The minimum absolute atomic E-state index is 0.180. The Bertz CT molecular complexity index is 832. The third-order valence-corrected chi connectivity index (χ3v) is 4.19. The van der Waals surface area contributed by atoms with Gasteiger partial charge in [0.15, 0.2) is 22.7 Å². The smallest absolute Gasteiger partial charge is 0.279 e. The van der Waals surface area contributed by atoms with E-state index >= 15 is 0 Å². The quantitative estimate of drug-likeness (QED) is 0.519. The lowest BCUT2D eigenvalue weighted by Gasteiger charge is -2.16. The zero-order chi connectivity index (χ0) is 19.2. The Morgan fingerprint density at radius 2 is 1.93 bits per heavy atom. The molecule has 0 aliphatic carbocycles. The van der Waals surface area contributed by atoms with Gasteiger partial charge in [0, 0.05) is 17.6 Å². The van der Waals surface area contributed by atoms with Gasteiger partial charge in [-0.2, -0.15) is 0 Å². The molecule has 2 aromatic carbocycles. The Morgan fingerprint density at radius 1 is 1.19 bits per heavy atom. The summed E-state index contributed by atoms with van der Waals surface area (Å²) in [6.07, 6.45) is -0.739. The van der Waals surface area contributed by atoms with Crippen LogP contribution in [0.4, 0.5) is 0 Å². The lowest BCUT2D eigenvalue weighted by Crippen LogP contribution is -2.50. The van der Waals surface area contributed by atoms with Gasteiger partial charge in [-0.05, 0) is 49.0 Å². The summed E-state index contributed by atoms with van der Waals surface area (Å²) < 4.78 is 16.1. The van der Waals surface area contributed by atoms with Crippen LogP contribution in [0.3, 0.4) is 0 Å². The fourth-order valence-corrected chi connectivity index (χ4v) is 2.51. The van der Waals surface area contributed by atoms with Crippen molar-refractivity contribution in [1.82, 2.24) is 16.2 Å². The average molecular weight is 408 g/mol. The number of amides is 1. The number of nitrogens with one attached hydrogen (secondary N) is 3. The maximum Gasteiger partial charge on any atom is 0.279 e. The van der Waals surface area contributed by atoms with E-state index in [1.165, 1.54) is 0 Å². The van der Waals surface area contributed by atoms with Crippen LogP contribution in [0.25, 0.3) is 0 Å². The first kappa shape index (κ1) is 19.1. The van der Waals surface area contributed by atoms with E-state index in [2.05, 4.69) is 16.2 Å². The molecule has 0 spiro atoms. The molecule has 1 heterocycles. The zero-order valence-corrected chi connectivity index (χ0v) is 16.0. The van der Waals surface area contributed by atoms with Gasteiger partial charge in [0.25, 0.3) is 5.91 Å². The van der Waals surface area contributed by atoms with Gasteiger partial charge in [-0.25, -0.2) is 0 Å². The summed E-state index contributed by atoms with van der Waals surface area (Å²) in [6.45, 7) is 2.31. The molecular weight excluding hydrogens is 390 g/mol. The highest BCUT2D eigenvalue weighted by Gasteiger charge is 2.18. The van der Waals surface area contributed by atoms with Crippen molar-refractivity contribution in [3.8, 4) is 17.2 Å². The standard InChI is InChI=1S/C18H18ClN3O4S/c1-11(26-14-6-7-15-16(8-14)25-10-24-15)17(23)21-22-18(27)20-9-12-2-4-13(19)5-3-12/h2-8,11H,9-10H2,1H3,(H,21,23)(H2,20,22,27)/t11-/m1/s1. The Balaban J connectivity index is 1.41. The molecule has 1 atom stereocenters. The van der Waals surface area contributed by atoms with Crippen LogP contribution in [0.15, 0.2) is 42.5 Å². The van der Waals surface area contributed by atoms with Gasteiger partial charge in [0.05, 0.1) is 0 Å². The topological polar surface area (TPSA) is 80.9 Å². The third-order valence-electron chi connectivity index (χ3n) is 3.69. The lowest BCUT2D eigenvalue weighted by atomic mass is 10.2. The highest BCUT2D eigenvalue weighted by atomic mass is 35.5. The first-order chi connectivity index (χ1) is 13.0. The number of hydrazine groups is 1. The fourth-order valence-electron chi connectivity index (χ4n) is 2.26. The molecule has 0 saturated heterocycles. The summed E-state index contributed by atoms with van der Waals surface area (Å²) in [7, 11) is 0. The maximum atomic E-state index is 12.1. The molecule has 0 bridgehead atoms. The number of ether oxygens (including phenoxy) is 3. The van der Waals surface area contributed by atoms with Crippen molar-refractivity contribution in [3.63, 3.8) is 0 Å². The van der Waals surface area contributed by atoms with E-state index in [0.29, 0.717) is 28.8 Å². The van der Waals surface area contributed by atoms with Crippen LogP contribution < -0.4 is 30.4 Å². The second-order valence-corrected chi connectivity index (χ2v) is 6.54. The molecule has 1 amide bonds. The van der Waals surface area contributed by atoms with Gasteiger partial charge < -0.3 is 19.5 Å². The summed E-state index contributed by atoms with van der Waals surface area (Å²) in [5.41, 5.74) is 6.16. The zero-order valence-electron chi connectivity index (χ0n) is 14.5. The van der Waals surface area contributed by atoms with E-state index in [9.17, 15) is 4.79 Å². The molecule has 0 fully saturated rings. The van der Waals surface area contributed by atoms with Crippen LogP contribution in [0, 0.1) is 0 Å². The van der Waals surface area contributed by atoms with Gasteiger partial charge >= 0.3 is 0 Å². The minimum Gasteiger partial charge on any atom is -0.481 e. The van der Waals surface area contributed by atoms with E-state index in [1.807, 2.05) is 12.1 Å². The van der Waals surface area contributed by atoms with E-state index in [0.717, 1.165) is 5.56 Å². The molecule has 2 aromatic rings. The van der Waals surface area contributed by atoms with Crippen molar-refractivity contribution in [1.29, 1.82) is 0 Å². The molecule has 3 rings (SSSR count). The van der Waals surface area contributed by atoms with Crippen molar-refractivity contribution in [2.75, 3.05) is 6.79 Å². The third kappa shape index (κ3) is 5.38. The largest absolute Gasteiger partial charge is 0.481 e. The van der Waals surface area contributed by atoms with Gasteiger partial charge in [-0.1, -0.05) is 23.7 Å². The van der Waals surface area contributed by atoms with E-state index in [1.54, 1.807) is 37.3 Å². The number of fused-ring (bicyclic) bond motifs is 1. The number of rotatable bonds is 5. The molecule has 27 heavy (non-hydrogen) atoms. The van der Waals surface area contributed by atoms with Crippen molar-refractivity contribution >= 4 is 34.8 Å². The van der Waals surface area contributed by atoms with Gasteiger partial charge in [-0.3, -0.25) is 15.6 Å². The predicted molar refractivity (Wildman–Crippen MR) is 105 cm³/mol. The Kier molecular flexibility index (Phi) is 6.20. The van der Waals surface area contributed by atoms with Crippen molar-refractivity contribution in [2.24, 2.45) is 0 Å². The van der Waals surface area contributed by atoms with Crippen LogP contribution in [0.1, 0.15) is 12.5 Å². The molecule has 7 nitrogen and oxygen atoms in total. The molecular formula is C18H18ClN3O4S. The first-order valence-electron chi connectivity index (χ1n) is 8.16. The number of hydrogen-bond donors (Lipinski definition) is 3. The number of thiocarbonyl (C=S) groups is 1. The highest BCUT2D eigenvalue weighted by molar-refractivity contribution is 7.80. The monoisotopic (exact) mass is 407 g/mol. The highest BCUT2D eigenvalue weighted by Crippen LogP contribution is 2.35. The number of hydrogen-bond acceptors (Lipinski definition) is 5. The Hall–Kier alpha value is -2.71. The SMILES string of the molecule is C[C@@H](Oc1ccc2c(c1)OCO2)C(=O)NNC(=S)NCc1ccc(Cl)cc1. The lowest BCUT2D eigenvalue weighted by molar-refractivity contribution is -0.127. The number of carbonyl (C=O) groups is 1. The second kappa shape index (κ2) is 8.79. The summed E-state index contributed by atoms with van der Waals surface area (Å²) in [6, 6.07) is 12.5. The van der Waals surface area contributed by atoms with Crippen molar-refractivity contribution in [3.05, 3.63) is 53.1 Å². The molecule has 3 N–H and O–H groups in total. The van der Waals surface area contributed by atoms with Crippen molar-refractivity contribution < 1.29 is 19.0 Å². The van der Waals surface area contributed by atoms with Crippen LogP contribution in [-0.2, 0) is 11.3 Å². The van der Waals surface area contributed by atoms with Gasteiger partial charge in [0.2, 0.25) is 6.79 Å². The van der Waals surface area contributed by atoms with Crippen molar-refractivity contribution in [2.45, 2.75) is 19.6 Å². The maximum absolute atomic E-state index is 12.1. The molecule has 0 saturated carbocycles. The number of benzene rings is 2. The second-order valence-electron chi connectivity index (χ2n) is 5.70. The van der Waals surface area contributed by atoms with Gasteiger partial charge in [-0.15, -0.1) is 0 Å². The molecule has 0 radical (unpaired) electrons. The van der Waals surface area contributed by atoms with Crippen LogP contribution in [0.5, 0.6) is 17.2 Å². The van der Waals surface area contributed by atoms with Crippen LogP contribution in [0.2, 0.25) is 5.02 Å².